The molecular weight excluding hydrogens is 349 g/mol. The molecule has 0 atom stereocenters. The fraction of sp³-hybridized carbons (Fsp3) is 0.889. The maximum atomic E-state index is 12.7. The predicted molar refractivity (Wildman–Crippen MR) is 88.1 cm³/mol. The van der Waals surface area contributed by atoms with Gasteiger partial charge in [-0.1, -0.05) is 0 Å². The quantitative estimate of drug-likeness (QED) is 0.640. The first-order valence-corrected chi connectivity index (χ1v) is 9.45. The van der Waals surface area contributed by atoms with E-state index >= 15 is 0 Å². The van der Waals surface area contributed by atoms with Crippen LogP contribution in [0.25, 0.3) is 0 Å². The maximum absolute atomic E-state index is 12.7. The van der Waals surface area contributed by atoms with Gasteiger partial charge in [-0.3, -0.25) is 9.59 Å². The summed E-state index contributed by atoms with van der Waals surface area (Å²) < 4.78 is 40.1. The summed E-state index contributed by atoms with van der Waals surface area (Å²) in [6.45, 7) is -1.22. The van der Waals surface area contributed by atoms with Crippen LogP contribution in [0.1, 0.15) is 44.9 Å². The van der Waals surface area contributed by atoms with Gasteiger partial charge in [-0.2, -0.15) is 13.2 Å². The molecule has 0 aliphatic heterocycles. The third-order valence-electron chi connectivity index (χ3n) is 5.99. The SMILES string of the molecule is O=C(CCNC(=O)C12CC3CC(CC(C3)C1)C2)NCCOCC(F)(F)F. The van der Waals surface area contributed by atoms with Gasteiger partial charge in [0.2, 0.25) is 11.8 Å². The smallest absolute Gasteiger partial charge is 0.370 e. The van der Waals surface area contributed by atoms with E-state index in [-0.39, 0.29) is 43.3 Å². The molecule has 4 aliphatic carbocycles. The van der Waals surface area contributed by atoms with Crippen molar-refractivity contribution in [3.05, 3.63) is 0 Å². The second kappa shape index (κ2) is 7.74. The van der Waals surface area contributed by atoms with Crippen molar-refractivity contribution in [1.82, 2.24) is 10.6 Å². The van der Waals surface area contributed by atoms with E-state index in [0.717, 1.165) is 19.3 Å². The molecule has 5 nitrogen and oxygen atoms in total. The molecule has 0 aromatic heterocycles. The molecule has 4 saturated carbocycles. The van der Waals surface area contributed by atoms with E-state index in [0.29, 0.717) is 17.8 Å². The van der Waals surface area contributed by atoms with E-state index in [9.17, 15) is 22.8 Å². The van der Waals surface area contributed by atoms with Crippen molar-refractivity contribution in [2.24, 2.45) is 23.2 Å². The molecule has 4 fully saturated rings. The van der Waals surface area contributed by atoms with Crippen molar-refractivity contribution >= 4 is 11.8 Å². The zero-order chi connectivity index (χ0) is 18.8. The first-order valence-electron chi connectivity index (χ1n) is 9.45. The Morgan fingerprint density at radius 3 is 2.08 bits per heavy atom. The van der Waals surface area contributed by atoms with Gasteiger partial charge < -0.3 is 15.4 Å². The standard InChI is InChI=1S/C18H27F3N2O3/c19-18(20,21)11-26-4-3-22-15(24)1-2-23-16(25)17-8-12-5-13(9-17)7-14(6-12)10-17/h12-14H,1-11H2,(H,22,24)(H,23,25). The highest BCUT2D eigenvalue weighted by Gasteiger charge is 2.54. The normalized spacial score (nSPS) is 32.5. The third-order valence-corrected chi connectivity index (χ3v) is 5.99. The Labute approximate surface area is 151 Å². The van der Waals surface area contributed by atoms with Crippen molar-refractivity contribution in [2.45, 2.75) is 51.1 Å². The van der Waals surface area contributed by atoms with Gasteiger partial charge in [0.15, 0.2) is 0 Å². The lowest BCUT2D eigenvalue weighted by Gasteiger charge is -2.55. The fourth-order valence-electron chi connectivity index (χ4n) is 5.40. The Balaban J connectivity index is 1.31. The lowest BCUT2D eigenvalue weighted by atomic mass is 9.49. The van der Waals surface area contributed by atoms with Gasteiger partial charge in [-0.05, 0) is 56.3 Å². The van der Waals surface area contributed by atoms with Gasteiger partial charge in [-0.15, -0.1) is 0 Å². The topological polar surface area (TPSA) is 67.4 Å². The van der Waals surface area contributed by atoms with Crippen LogP contribution in [-0.2, 0) is 14.3 Å². The van der Waals surface area contributed by atoms with Crippen LogP contribution in [-0.4, -0.2) is 44.3 Å². The number of amides is 2. The van der Waals surface area contributed by atoms with E-state index in [4.69, 9.17) is 0 Å². The van der Waals surface area contributed by atoms with Gasteiger partial charge in [0.1, 0.15) is 6.61 Å². The first-order chi connectivity index (χ1) is 12.3. The summed E-state index contributed by atoms with van der Waals surface area (Å²) in [6.07, 6.45) is 2.51. The highest BCUT2D eigenvalue weighted by atomic mass is 19.4. The maximum Gasteiger partial charge on any atom is 0.411 e. The van der Waals surface area contributed by atoms with Gasteiger partial charge >= 0.3 is 6.18 Å². The largest absolute Gasteiger partial charge is 0.411 e. The second-order valence-corrected chi connectivity index (χ2v) is 8.22. The van der Waals surface area contributed by atoms with Crippen molar-refractivity contribution in [3.63, 3.8) is 0 Å². The number of ether oxygens (including phenoxy) is 1. The number of halogens is 3. The minimum atomic E-state index is -4.36. The van der Waals surface area contributed by atoms with Crippen molar-refractivity contribution < 1.29 is 27.5 Å². The van der Waals surface area contributed by atoms with E-state index in [1.165, 1.54) is 19.3 Å². The molecule has 0 radical (unpaired) electrons. The van der Waals surface area contributed by atoms with Gasteiger partial charge in [0.05, 0.1) is 6.61 Å². The molecule has 0 heterocycles. The molecule has 0 spiro atoms. The summed E-state index contributed by atoms with van der Waals surface area (Å²) >= 11 is 0. The summed E-state index contributed by atoms with van der Waals surface area (Å²) in [6, 6.07) is 0. The average molecular weight is 376 g/mol. The number of rotatable bonds is 8. The van der Waals surface area contributed by atoms with Crippen LogP contribution in [0.5, 0.6) is 0 Å². The van der Waals surface area contributed by atoms with Gasteiger partial charge in [0, 0.05) is 24.9 Å². The summed E-state index contributed by atoms with van der Waals surface area (Å²) in [7, 11) is 0. The molecule has 0 aromatic carbocycles. The Bertz CT molecular complexity index is 501. The minimum absolute atomic E-state index is 0.0256. The second-order valence-electron chi connectivity index (χ2n) is 8.22. The summed E-state index contributed by atoms with van der Waals surface area (Å²) in [5, 5.41) is 5.41. The first kappa shape index (κ1) is 19.5. The molecule has 4 rings (SSSR count). The number of alkyl halides is 3. The molecule has 8 heteroatoms. The number of carbonyl (C=O) groups excluding carboxylic acids is 2. The lowest BCUT2D eigenvalue weighted by molar-refractivity contribution is -0.173. The molecule has 0 unspecified atom stereocenters. The third kappa shape index (κ3) is 4.90. The molecule has 148 valence electrons. The fourth-order valence-corrected chi connectivity index (χ4v) is 5.40. The molecule has 4 aliphatic rings. The van der Waals surface area contributed by atoms with E-state index in [2.05, 4.69) is 15.4 Å². The van der Waals surface area contributed by atoms with Crippen molar-refractivity contribution in [1.29, 1.82) is 0 Å². The van der Waals surface area contributed by atoms with Crippen LogP contribution in [0.2, 0.25) is 0 Å². The highest BCUT2D eigenvalue weighted by Crippen LogP contribution is 2.60. The highest BCUT2D eigenvalue weighted by molar-refractivity contribution is 5.84. The molecule has 2 N–H and O–H groups in total. The average Bonchev–Trinajstić information content (AvgIpc) is 2.52. The van der Waals surface area contributed by atoms with Crippen molar-refractivity contribution in [2.75, 3.05) is 26.3 Å². The monoisotopic (exact) mass is 376 g/mol. The van der Waals surface area contributed by atoms with E-state index in [1.807, 2.05) is 0 Å². The van der Waals surface area contributed by atoms with Crippen molar-refractivity contribution in [3.8, 4) is 0 Å². The zero-order valence-corrected chi connectivity index (χ0v) is 14.9. The minimum Gasteiger partial charge on any atom is -0.370 e. The van der Waals surface area contributed by atoms with Crippen LogP contribution in [0.15, 0.2) is 0 Å². The molecule has 0 saturated heterocycles. The summed E-state index contributed by atoms with van der Waals surface area (Å²) in [5.41, 5.74) is -0.226. The van der Waals surface area contributed by atoms with Crippen LogP contribution in [0, 0.1) is 23.2 Å². The number of hydrogen-bond donors (Lipinski definition) is 2. The van der Waals surface area contributed by atoms with Gasteiger partial charge in [-0.25, -0.2) is 0 Å². The van der Waals surface area contributed by atoms with Crippen LogP contribution < -0.4 is 10.6 Å². The number of hydrogen-bond acceptors (Lipinski definition) is 3. The predicted octanol–water partition coefficient (Wildman–Crippen LogP) is 2.40. The summed E-state index contributed by atoms with van der Waals surface area (Å²) in [5.74, 6) is 1.84. The number of carbonyl (C=O) groups is 2. The number of nitrogens with one attached hydrogen (secondary N) is 2. The Morgan fingerprint density at radius 2 is 1.54 bits per heavy atom. The Hall–Kier alpha value is -1.31. The van der Waals surface area contributed by atoms with E-state index < -0.39 is 12.8 Å². The molecule has 26 heavy (non-hydrogen) atoms. The molecule has 0 aromatic rings. The van der Waals surface area contributed by atoms with E-state index in [1.54, 1.807) is 0 Å². The van der Waals surface area contributed by atoms with Crippen LogP contribution in [0.3, 0.4) is 0 Å². The van der Waals surface area contributed by atoms with Crippen LogP contribution >= 0.6 is 0 Å². The molecular formula is C18H27F3N2O3. The summed E-state index contributed by atoms with van der Waals surface area (Å²) in [4.78, 5) is 24.4. The Morgan fingerprint density at radius 1 is 0.962 bits per heavy atom. The lowest BCUT2D eigenvalue weighted by Crippen LogP contribution is -2.53. The molecule has 2 amide bonds. The Kier molecular flexibility index (Phi) is 5.79. The zero-order valence-electron chi connectivity index (χ0n) is 14.9. The van der Waals surface area contributed by atoms with Gasteiger partial charge in [0.25, 0.3) is 0 Å². The molecule has 4 bridgehead atoms. The van der Waals surface area contributed by atoms with Crippen LogP contribution in [0.4, 0.5) is 13.2 Å².